The molecule has 0 fully saturated rings. The van der Waals surface area contributed by atoms with Gasteiger partial charge in [0.15, 0.2) is 0 Å². The van der Waals surface area contributed by atoms with Crippen LogP contribution in [0.25, 0.3) is 16.6 Å². The van der Waals surface area contributed by atoms with Crippen molar-refractivity contribution in [3.05, 3.63) is 41.7 Å². The monoisotopic (exact) mass is 267 g/mol. The highest BCUT2D eigenvalue weighted by molar-refractivity contribution is 6.09. The summed E-state index contributed by atoms with van der Waals surface area (Å²) in [5.41, 5.74) is 4.98. The highest BCUT2D eigenvalue weighted by atomic mass is 14.8. The summed E-state index contributed by atoms with van der Waals surface area (Å²) in [7, 11) is 1.78. The molecule has 1 aromatic carbocycles. The van der Waals surface area contributed by atoms with Gasteiger partial charge in [0.05, 0.1) is 22.9 Å². The molecule has 2 rings (SSSR count). The normalized spacial score (nSPS) is 12.8. The van der Waals surface area contributed by atoms with E-state index >= 15 is 0 Å². The summed E-state index contributed by atoms with van der Waals surface area (Å²) in [6, 6.07) is 6.13. The van der Waals surface area contributed by atoms with Crippen molar-refractivity contribution in [1.29, 1.82) is 0 Å². The number of rotatable bonds is 4. The molecule has 0 N–H and O–H groups in total. The zero-order valence-corrected chi connectivity index (χ0v) is 12.6. The lowest BCUT2D eigenvalue weighted by molar-refractivity contribution is 0.665. The van der Waals surface area contributed by atoms with E-state index in [2.05, 4.69) is 49.0 Å². The van der Waals surface area contributed by atoms with Crippen LogP contribution in [-0.4, -0.2) is 23.2 Å². The first-order valence-corrected chi connectivity index (χ1v) is 6.96. The van der Waals surface area contributed by atoms with E-state index in [9.17, 15) is 0 Å². The average Bonchev–Trinajstić information content (AvgIpc) is 2.42. The zero-order chi connectivity index (χ0) is 14.5. The van der Waals surface area contributed by atoms with Crippen LogP contribution in [0.2, 0.25) is 0 Å². The van der Waals surface area contributed by atoms with Crippen LogP contribution < -0.4 is 0 Å². The Bertz CT molecular complexity index is 654. The van der Waals surface area contributed by atoms with Crippen LogP contribution >= 0.6 is 0 Å². The standard InChI is InChI=1S/C17H21N3/c1-12(2)5-7-14(10-18-4)17-11-19-15-8-6-13(3)9-16(15)20-17/h6-12H,5H2,1-4H3/b14-7+,18-10-. The van der Waals surface area contributed by atoms with Gasteiger partial charge >= 0.3 is 0 Å². The van der Waals surface area contributed by atoms with Gasteiger partial charge in [-0.2, -0.15) is 0 Å². The van der Waals surface area contributed by atoms with Crippen LogP contribution in [0.3, 0.4) is 0 Å². The zero-order valence-electron chi connectivity index (χ0n) is 12.6. The fraction of sp³-hybridized carbons (Fsp3) is 0.353. The molecule has 3 nitrogen and oxygen atoms in total. The van der Waals surface area contributed by atoms with E-state index in [1.807, 2.05) is 18.5 Å². The van der Waals surface area contributed by atoms with Crippen LogP contribution in [0.15, 0.2) is 35.5 Å². The van der Waals surface area contributed by atoms with Crippen molar-refractivity contribution in [3.63, 3.8) is 0 Å². The third-order valence-electron chi connectivity index (χ3n) is 3.07. The number of allylic oxidation sites excluding steroid dienone is 2. The molecule has 0 bridgehead atoms. The van der Waals surface area contributed by atoms with Gasteiger partial charge in [0.1, 0.15) is 0 Å². The molecule has 0 saturated carbocycles. The molecule has 0 aliphatic rings. The predicted molar refractivity (Wildman–Crippen MR) is 86.1 cm³/mol. The van der Waals surface area contributed by atoms with E-state index in [0.29, 0.717) is 5.92 Å². The summed E-state index contributed by atoms with van der Waals surface area (Å²) in [5, 5.41) is 0. The number of aryl methyl sites for hydroxylation is 1. The number of aliphatic imine (C=N–C) groups is 1. The third kappa shape index (κ3) is 3.50. The molecule has 3 heteroatoms. The summed E-state index contributed by atoms with van der Waals surface area (Å²) in [6.07, 6.45) is 6.87. The van der Waals surface area contributed by atoms with E-state index in [0.717, 1.165) is 28.7 Å². The molecule has 1 heterocycles. The van der Waals surface area contributed by atoms with E-state index in [-0.39, 0.29) is 0 Å². The molecule has 0 aliphatic heterocycles. The Hall–Kier alpha value is -2.03. The summed E-state index contributed by atoms with van der Waals surface area (Å²) in [5.74, 6) is 0.617. The smallest absolute Gasteiger partial charge is 0.0905 e. The van der Waals surface area contributed by atoms with E-state index in [1.165, 1.54) is 5.56 Å². The van der Waals surface area contributed by atoms with Crippen molar-refractivity contribution in [2.24, 2.45) is 10.9 Å². The topological polar surface area (TPSA) is 38.1 Å². The number of benzene rings is 1. The van der Waals surface area contributed by atoms with Gasteiger partial charge in [-0.25, -0.2) is 4.98 Å². The molecular weight excluding hydrogens is 246 g/mol. The fourth-order valence-electron chi connectivity index (χ4n) is 1.99. The maximum absolute atomic E-state index is 4.71. The number of aromatic nitrogens is 2. The van der Waals surface area contributed by atoms with Crippen LogP contribution in [0.1, 0.15) is 31.5 Å². The number of nitrogens with zero attached hydrogens (tertiary/aromatic N) is 3. The third-order valence-corrected chi connectivity index (χ3v) is 3.07. The van der Waals surface area contributed by atoms with Crippen molar-refractivity contribution in [1.82, 2.24) is 9.97 Å². The van der Waals surface area contributed by atoms with Gasteiger partial charge < -0.3 is 0 Å². The SMILES string of the molecule is C/N=C\C(=C/CC(C)C)c1cnc2ccc(C)cc2n1. The molecule has 0 unspecified atom stereocenters. The van der Waals surface area contributed by atoms with Crippen molar-refractivity contribution in [2.75, 3.05) is 7.05 Å². The molecule has 0 radical (unpaired) electrons. The van der Waals surface area contributed by atoms with E-state index in [1.54, 1.807) is 7.05 Å². The minimum Gasteiger partial charge on any atom is -0.296 e. The second kappa shape index (κ2) is 6.42. The second-order valence-corrected chi connectivity index (χ2v) is 5.42. The van der Waals surface area contributed by atoms with Crippen LogP contribution in [0.4, 0.5) is 0 Å². The minimum atomic E-state index is 0.617. The highest BCUT2D eigenvalue weighted by Crippen LogP contribution is 2.17. The molecule has 0 atom stereocenters. The Labute approximate surface area is 120 Å². The molecule has 2 aromatic rings. The summed E-state index contributed by atoms with van der Waals surface area (Å²) >= 11 is 0. The number of hydrogen-bond donors (Lipinski definition) is 0. The lowest BCUT2D eigenvalue weighted by Crippen LogP contribution is -1.95. The lowest BCUT2D eigenvalue weighted by Gasteiger charge is -2.05. The molecule has 104 valence electrons. The molecule has 0 spiro atoms. The molecule has 1 aromatic heterocycles. The van der Waals surface area contributed by atoms with Crippen molar-refractivity contribution in [2.45, 2.75) is 27.2 Å². The van der Waals surface area contributed by atoms with Crippen molar-refractivity contribution < 1.29 is 0 Å². The van der Waals surface area contributed by atoms with E-state index in [4.69, 9.17) is 4.98 Å². The van der Waals surface area contributed by atoms with Gasteiger partial charge in [-0.05, 0) is 37.0 Å². The highest BCUT2D eigenvalue weighted by Gasteiger charge is 2.04. The van der Waals surface area contributed by atoms with Gasteiger partial charge in [0.25, 0.3) is 0 Å². The Kier molecular flexibility index (Phi) is 4.61. The molecule has 20 heavy (non-hydrogen) atoms. The Morgan fingerprint density at radius 2 is 2.10 bits per heavy atom. The van der Waals surface area contributed by atoms with Crippen molar-refractivity contribution in [3.8, 4) is 0 Å². The number of hydrogen-bond acceptors (Lipinski definition) is 3. The van der Waals surface area contributed by atoms with Crippen molar-refractivity contribution >= 4 is 22.8 Å². The summed E-state index contributed by atoms with van der Waals surface area (Å²) in [4.78, 5) is 13.3. The Balaban J connectivity index is 2.45. The quantitative estimate of drug-likeness (QED) is 0.783. The summed E-state index contributed by atoms with van der Waals surface area (Å²) < 4.78 is 0. The van der Waals surface area contributed by atoms with Crippen LogP contribution in [0.5, 0.6) is 0 Å². The maximum Gasteiger partial charge on any atom is 0.0905 e. The Morgan fingerprint density at radius 3 is 2.80 bits per heavy atom. The first-order chi connectivity index (χ1) is 9.60. The maximum atomic E-state index is 4.71. The van der Waals surface area contributed by atoms with Gasteiger partial charge in [0.2, 0.25) is 0 Å². The second-order valence-electron chi connectivity index (χ2n) is 5.42. The van der Waals surface area contributed by atoms with Crippen LogP contribution in [-0.2, 0) is 0 Å². The van der Waals surface area contributed by atoms with Gasteiger partial charge in [0, 0.05) is 18.8 Å². The largest absolute Gasteiger partial charge is 0.296 e. The molecule has 0 aliphatic carbocycles. The first kappa shape index (κ1) is 14.4. The fourth-order valence-corrected chi connectivity index (χ4v) is 1.99. The average molecular weight is 267 g/mol. The molecule has 0 amide bonds. The molecule has 0 saturated heterocycles. The Morgan fingerprint density at radius 1 is 1.30 bits per heavy atom. The van der Waals surface area contributed by atoms with Crippen LogP contribution in [0, 0.1) is 12.8 Å². The first-order valence-electron chi connectivity index (χ1n) is 6.96. The minimum absolute atomic E-state index is 0.617. The van der Waals surface area contributed by atoms with Gasteiger partial charge in [-0.1, -0.05) is 26.0 Å². The number of fused-ring (bicyclic) bond motifs is 1. The van der Waals surface area contributed by atoms with Gasteiger partial charge in [-0.15, -0.1) is 0 Å². The lowest BCUT2D eigenvalue weighted by atomic mass is 10.1. The molecular formula is C17H21N3. The van der Waals surface area contributed by atoms with Gasteiger partial charge in [-0.3, -0.25) is 9.98 Å². The summed E-state index contributed by atoms with van der Waals surface area (Å²) in [6.45, 7) is 6.47. The predicted octanol–water partition coefficient (Wildman–Crippen LogP) is 4.07. The van der Waals surface area contributed by atoms with E-state index < -0.39 is 0 Å².